The first-order chi connectivity index (χ1) is 6.44. The van der Waals surface area contributed by atoms with Crippen LogP contribution in [-0.4, -0.2) is 39.7 Å². The van der Waals surface area contributed by atoms with Gasteiger partial charge in [-0.3, -0.25) is 0 Å². The second-order valence-corrected chi connectivity index (χ2v) is 6.23. The topological polar surface area (TPSA) is 69.4 Å². The van der Waals surface area contributed by atoms with E-state index in [1.54, 1.807) is 14.0 Å². The Balaban J connectivity index is 4.17. The molecule has 2 atom stereocenters. The van der Waals surface area contributed by atoms with Gasteiger partial charge in [0.15, 0.2) is 9.84 Å². The first-order valence-corrected chi connectivity index (χ1v) is 6.56. The average molecular weight is 223 g/mol. The molecule has 0 aliphatic carbocycles. The largest absolute Gasteiger partial charge is 0.385 e. The molecule has 5 heteroatoms. The molecular weight excluding hydrogens is 202 g/mol. The van der Waals surface area contributed by atoms with Gasteiger partial charge in [-0.15, -0.1) is 0 Å². The lowest BCUT2D eigenvalue weighted by Gasteiger charge is -2.15. The molecule has 0 aromatic heterocycles. The molecule has 0 spiro atoms. The van der Waals surface area contributed by atoms with Crippen molar-refractivity contribution in [2.75, 3.05) is 26.0 Å². The number of hydrogen-bond donors (Lipinski definition) is 1. The highest BCUT2D eigenvalue weighted by molar-refractivity contribution is 7.92. The third-order valence-corrected chi connectivity index (χ3v) is 4.76. The molecule has 0 radical (unpaired) electrons. The summed E-state index contributed by atoms with van der Waals surface area (Å²) in [6.07, 6.45) is 0.552. The molecular formula is C9H21NO3S. The third-order valence-electron chi connectivity index (χ3n) is 2.26. The van der Waals surface area contributed by atoms with Crippen molar-refractivity contribution in [3.8, 4) is 0 Å². The van der Waals surface area contributed by atoms with Crippen LogP contribution in [0.1, 0.15) is 20.3 Å². The van der Waals surface area contributed by atoms with Crippen LogP contribution >= 0.6 is 0 Å². The molecule has 0 aromatic carbocycles. The number of methoxy groups -OCH3 is 1. The standard InChI is InChI=1S/C9H21NO3S/c1-8(6-10)7-14(11,12)9(2)4-5-13-3/h8-9H,4-7,10H2,1-3H3. The highest BCUT2D eigenvalue weighted by Gasteiger charge is 2.22. The van der Waals surface area contributed by atoms with Crippen LogP contribution in [0.2, 0.25) is 0 Å². The quantitative estimate of drug-likeness (QED) is 0.679. The van der Waals surface area contributed by atoms with Gasteiger partial charge in [-0.2, -0.15) is 0 Å². The number of ether oxygens (including phenoxy) is 1. The fraction of sp³-hybridized carbons (Fsp3) is 1.00. The Morgan fingerprint density at radius 3 is 2.36 bits per heavy atom. The van der Waals surface area contributed by atoms with Gasteiger partial charge in [0.1, 0.15) is 0 Å². The number of nitrogens with two attached hydrogens (primary N) is 1. The summed E-state index contributed by atoms with van der Waals surface area (Å²) in [5.74, 6) is 0.207. The van der Waals surface area contributed by atoms with Crippen LogP contribution in [0.4, 0.5) is 0 Å². The molecule has 0 saturated heterocycles. The van der Waals surface area contributed by atoms with Crippen molar-refractivity contribution in [2.45, 2.75) is 25.5 Å². The molecule has 0 saturated carbocycles. The lowest BCUT2D eigenvalue weighted by Crippen LogP contribution is -2.28. The maximum absolute atomic E-state index is 11.7. The van der Waals surface area contributed by atoms with Gasteiger partial charge in [0.2, 0.25) is 0 Å². The number of rotatable bonds is 7. The van der Waals surface area contributed by atoms with Gasteiger partial charge >= 0.3 is 0 Å². The minimum atomic E-state index is -3.00. The number of sulfone groups is 1. The van der Waals surface area contributed by atoms with Crippen LogP contribution in [0, 0.1) is 5.92 Å². The van der Waals surface area contributed by atoms with Gasteiger partial charge in [-0.1, -0.05) is 6.92 Å². The fourth-order valence-electron chi connectivity index (χ4n) is 1.09. The van der Waals surface area contributed by atoms with E-state index in [1.807, 2.05) is 6.92 Å². The van der Waals surface area contributed by atoms with Crippen LogP contribution in [0.15, 0.2) is 0 Å². The molecule has 4 nitrogen and oxygen atoms in total. The predicted molar refractivity (Wildman–Crippen MR) is 58.0 cm³/mol. The van der Waals surface area contributed by atoms with Crippen molar-refractivity contribution in [3.63, 3.8) is 0 Å². The molecule has 0 rings (SSSR count). The Morgan fingerprint density at radius 1 is 1.36 bits per heavy atom. The van der Waals surface area contributed by atoms with Crippen molar-refractivity contribution in [2.24, 2.45) is 11.7 Å². The number of hydrogen-bond acceptors (Lipinski definition) is 4. The minimum absolute atomic E-state index is 0.0324. The van der Waals surface area contributed by atoms with E-state index in [-0.39, 0.29) is 16.9 Å². The fourth-order valence-corrected chi connectivity index (χ4v) is 2.81. The van der Waals surface area contributed by atoms with Crippen molar-refractivity contribution in [1.82, 2.24) is 0 Å². The molecule has 0 heterocycles. The molecule has 0 aliphatic rings. The van der Waals surface area contributed by atoms with E-state index < -0.39 is 9.84 Å². The van der Waals surface area contributed by atoms with E-state index in [0.717, 1.165) is 0 Å². The summed E-state index contributed by atoms with van der Waals surface area (Å²) in [5, 5.41) is -0.337. The SMILES string of the molecule is COCCC(C)S(=O)(=O)CC(C)CN. The Labute approximate surface area is 86.7 Å². The molecule has 86 valence electrons. The van der Waals surface area contributed by atoms with Crippen molar-refractivity contribution < 1.29 is 13.2 Å². The van der Waals surface area contributed by atoms with Gasteiger partial charge in [0, 0.05) is 13.7 Å². The predicted octanol–water partition coefficient (Wildman–Crippen LogP) is 0.421. The molecule has 2 N–H and O–H groups in total. The van der Waals surface area contributed by atoms with Gasteiger partial charge in [0.05, 0.1) is 11.0 Å². The second-order valence-electron chi connectivity index (χ2n) is 3.76. The average Bonchev–Trinajstić information content (AvgIpc) is 2.13. The summed E-state index contributed by atoms with van der Waals surface area (Å²) in [5.41, 5.74) is 5.39. The first kappa shape index (κ1) is 13.9. The van der Waals surface area contributed by atoms with Crippen LogP contribution in [0.3, 0.4) is 0 Å². The third kappa shape index (κ3) is 4.93. The van der Waals surface area contributed by atoms with Crippen LogP contribution in [-0.2, 0) is 14.6 Å². The highest BCUT2D eigenvalue weighted by atomic mass is 32.2. The Bertz CT molecular complexity index is 238. The smallest absolute Gasteiger partial charge is 0.153 e. The van der Waals surface area contributed by atoms with E-state index in [9.17, 15) is 8.42 Å². The van der Waals surface area contributed by atoms with E-state index in [1.165, 1.54) is 0 Å². The highest BCUT2D eigenvalue weighted by Crippen LogP contribution is 2.10. The maximum Gasteiger partial charge on any atom is 0.153 e. The van der Waals surface area contributed by atoms with Gasteiger partial charge in [0.25, 0.3) is 0 Å². The summed E-state index contributed by atoms with van der Waals surface area (Å²) < 4.78 is 28.2. The summed E-state index contributed by atoms with van der Waals surface area (Å²) in [7, 11) is -1.43. The van der Waals surface area contributed by atoms with E-state index in [2.05, 4.69) is 0 Å². The zero-order valence-electron chi connectivity index (χ0n) is 9.19. The Kier molecular flexibility index (Phi) is 6.31. The molecule has 14 heavy (non-hydrogen) atoms. The molecule has 0 fully saturated rings. The van der Waals surface area contributed by atoms with Crippen molar-refractivity contribution >= 4 is 9.84 Å². The Morgan fingerprint density at radius 2 is 1.93 bits per heavy atom. The van der Waals surface area contributed by atoms with Gasteiger partial charge < -0.3 is 10.5 Å². The first-order valence-electron chi connectivity index (χ1n) is 4.84. The summed E-state index contributed by atoms with van der Waals surface area (Å²) in [6.45, 7) is 4.46. The monoisotopic (exact) mass is 223 g/mol. The molecule has 0 amide bonds. The van der Waals surface area contributed by atoms with Crippen molar-refractivity contribution in [3.05, 3.63) is 0 Å². The lowest BCUT2D eigenvalue weighted by molar-refractivity contribution is 0.194. The lowest BCUT2D eigenvalue weighted by atomic mass is 10.2. The van der Waals surface area contributed by atoms with E-state index in [0.29, 0.717) is 19.6 Å². The summed E-state index contributed by atoms with van der Waals surface area (Å²) >= 11 is 0. The molecule has 0 aliphatic heterocycles. The van der Waals surface area contributed by atoms with E-state index >= 15 is 0 Å². The summed E-state index contributed by atoms with van der Waals surface area (Å²) in [6, 6.07) is 0. The minimum Gasteiger partial charge on any atom is -0.385 e. The zero-order valence-corrected chi connectivity index (χ0v) is 10.0. The van der Waals surface area contributed by atoms with Gasteiger partial charge in [-0.05, 0) is 25.8 Å². The molecule has 2 unspecified atom stereocenters. The normalized spacial score (nSPS) is 16.6. The zero-order chi connectivity index (χ0) is 11.2. The summed E-state index contributed by atoms with van der Waals surface area (Å²) in [4.78, 5) is 0. The second kappa shape index (κ2) is 6.37. The van der Waals surface area contributed by atoms with Crippen LogP contribution < -0.4 is 5.73 Å². The van der Waals surface area contributed by atoms with Gasteiger partial charge in [-0.25, -0.2) is 8.42 Å². The van der Waals surface area contributed by atoms with E-state index in [4.69, 9.17) is 10.5 Å². The molecule has 0 bridgehead atoms. The molecule has 0 aromatic rings. The van der Waals surface area contributed by atoms with Crippen LogP contribution in [0.5, 0.6) is 0 Å². The van der Waals surface area contributed by atoms with Crippen LogP contribution in [0.25, 0.3) is 0 Å². The maximum atomic E-state index is 11.7. The Hall–Kier alpha value is -0.130. The van der Waals surface area contributed by atoms with Crippen molar-refractivity contribution in [1.29, 1.82) is 0 Å².